The first kappa shape index (κ1) is 13.3. The summed E-state index contributed by atoms with van der Waals surface area (Å²) in [4.78, 5) is 25.2. The predicted molar refractivity (Wildman–Crippen MR) is 69.2 cm³/mol. The highest BCUT2D eigenvalue weighted by Gasteiger charge is 2.25. The van der Waals surface area contributed by atoms with Crippen LogP contribution in [0, 0.1) is 0 Å². The van der Waals surface area contributed by atoms with Gasteiger partial charge in [0.1, 0.15) is 0 Å². The molecule has 5 nitrogen and oxygen atoms in total. The lowest BCUT2D eigenvalue weighted by Crippen LogP contribution is -2.46. The van der Waals surface area contributed by atoms with E-state index < -0.39 is 0 Å². The van der Waals surface area contributed by atoms with Crippen LogP contribution < -0.4 is 10.6 Å². The molecule has 0 saturated heterocycles. The third-order valence-corrected chi connectivity index (χ3v) is 3.76. The maximum atomic E-state index is 11.7. The third kappa shape index (κ3) is 4.29. The molecule has 102 valence electrons. The number of amides is 3. The van der Waals surface area contributed by atoms with Crippen LogP contribution in [0.1, 0.15) is 44.9 Å². The quantitative estimate of drug-likeness (QED) is 0.792. The van der Waals surface area contributed by atoms with Crippen LogP contribution in [0.5, 0.6) is 0 Å². The summed E-state index contributed by atoms with van der Waals surface area (Å²) in [5.74, 6) is -0.207. The highest BCUT2D eigenvalue weighted by atomic mass is 16.2. The highest BCUT2D eigenvalue weighted by Crippen LogP contribution is 2.21. The number of imide groups is 1. The van der Waals surface area contributed by atoms with E-state index in [2.05, 4.69) is 15.5 Å². The molecular formula is C13H23N3O2. The lowest BCUT2D eigenvalue weighted by atomic mass is 9.94. The molecule has 0 atom stereocenters. The van der Waals surface area contributed by atoms with E-state index in [-0.39, 0.29) is 18.0 Å². The molecule has 2 aliphatic carbocycles. The Morgan fingerprint density at radius 3 is 2.39 bits per heavy atom. The van der Waals surface area contributed by atoms with Gasteiger partial charge >= 0.3 is 6.03 Å². The number of urea groups is 1. The first-order valence-electron chi connectivity index (χ1n) is 6.96. The molecule has 0 unspecified atom stereocenters. The first-order chi connectivity index (χ1) is 8.65. The Hall–Kier alpha value is -1.10. The summed E-state index contributed by atoms with van der Waals surface area (Å²) < 4.78 is 0. The zero-order valence-corrected chi connectivity index (χ0v) is 11.1. The average Bonchev–Trinajstić information content (AvgIpc) is 3.13. The second kappa shape index (κ2) is 6.18. The number of carbonyl (C=O) groups excluding carboxylic acids is 2. The molecule has 2 aliphatic rings. The lowest BCUT2D eigenvalue weighted by Gasteiger charge is -2.30. The maximum absolute atomic E-state index is 11.7. The van der Waals surface area contributed by atoms with Crippen LogP contribution >= 0.6 is 0 Å². The Labute approximate surface area is 108 Å². The van der Waals surface area contributed by atoms with E-state index in [1.807, 2.05) is 7.05 Å². The summed E-state index contributed by atoms with van der Waals surface area (Å²) in [7, 11) is 1.97. The molecule has 0 radical (unpaired) electrons. The number of nitrogens with one attached hydrogen (secondary N) is 2. The second-order valence-corrected chi connectivity index (χ2v) is 5.50. The number of likely N-dealkylation sites (N-methyl/N-ethyl adjacent to an activating group) is 1. The van der Waals surface area contributed by atoms with Crippen LogP contribution in [-0.2, 0) is 4.79 Å². The molecule has 0 aromatic rings. The van der Waals surface area contributed by atoms with Gasteiger partial charge in [-0.3, -0.25) is 15.0 Å². The fourth-order valence-electron chi connectivity index (χ4n) is 2.49. The zero-order chi connectivity index (χ0) is 13.0. The van der Waals surface area contributed by atoms with Crippen molar-refractivity contribution in [2.45, 2.75) is 57.0 Å². The topological polar surface area (TPSA) is 61.4 Å². The standard InChI is InChI=1S/C13H23N3O2/c1-16(11-5-3-2-4-6-11)9-12(17)15-13(18)14-10-7-8-10/h10-11H,2-9H2,1H3,(H2,14,15,17,18). The normalized spacial score (nSPS) is 20.8. The Morgan fingerprint density at radius 1 is 1.11 bits per heavy atom. The fraction of sp³-hybridized carbons (Fsp3) is 0.846. The third-order valence-electron chi connectivity index (χ3n) is 3.76. The van der Waals surface area contributed by atoms with Gasteiger partial charge in [-0.15, -0.1) is 0 Å². The molecule has 0 heterocycles. The number of nitrogens with zero attached hydrogens (tertiary/aromatic N) is 1. The Morgan fingerprint density at radius 2 is 1.78 bits per heavy atom. The summed E-state index contributed by atoms with van der Waals surface area (Å²) in [6.45, 7) is 0.308. The molecule has 2 fully saturated rings. The van der Waals surface area contributed by atoms with E-state index in [1.165, 1.54) is 19.3 Å². The van der Waals surface area contributed by atoms with Crippen molar-refractivity contribution in [3.8, 4) is 0 Å². The molecular weight excluding hydrogens is 230 g/mol. The Balaban J connectivity index is 1.66. The largest absolute Gasteiger partial charge is 0.335 e. The van der Waals surface area contributed by atoms with Crippen LogP contribution in [0.25, 0.3) is 0 Å². The lowest BCUT2D eigenvalue weighted by molar-refractivity contribution is -0.121. The van der Waals surface area contributed by atoms with Gasteiger partial charge in [0, 0.05) is 12.1 Å². The van der Waals surface area contributed by atoms with Crippen molar-refractivity contribution in [3.05, 3.63) is 0 Å². The molecule has 0 spiro atoms. The van der Waals surface area contributed by atoms with E-state index in [4.69, 9.17) is 0 Å². The highest BCUT2D eigenvalue weighted by molar-refractivity contribution is 5.95. The van der Waals surface area contributed by atoms with Gasteiger partial charge in [-0.1, -0.05) is 19.3 Å². The van der Waals surface area contributed by atoms with Gasteiger partial charge in [0.15, 0.2) is 0 Å². The molecule has 2 saturated carbocycles. The minimum Gasteiger partial charge on any atom is -0.335 e. The van der Waals surface area contributed by atoms with Gasteiger partial charge in [0.2, 0.25) is 5.91 Å². The molecule has 0 aliphatic heterocycles. The first-order valence-corrected chi connectivity index (χ1v) is 6.96. The summed E-state index contributed by atoms with van der Waals surface area (Å²) >= 11 is 0. The summed E-state index contributed by atoms with van der Waals surface area (Å²) in [5.41, 5.74) is 0. The van der Waals surface area contributed by atoms with Crippen molar-refractivity contribution < 1.29 is 9.59 Å². The van der Waals surface area contributed by atoms with Crippen LogP contribution in [0.4, 0.5) is 4.79 Å². The molecule has 18 heavy (non-hydrogen) atoms. The summed E-state index contributed by atoms with van der Waals surface area (Å²) in [6, 6.07) is 0.435. The summed E-state index contributed by atoms with van der Waals surface area (Å²) in [6.07, 6.45) is 8.20. The van der Waals surface area contributed by atoms with Crippen LogP contribution in [0.15, 0.2) is 0 Å². The number of rotatable bonds is 4. The van der Waals surface area contributed by atoms with Gasteiger partial charge in [0.25, 0.3) is 0 Å². The fourth-order valence-corrected chi connectivity index (χ4v) is 2.49. The van der Waals surface area contributed by atoms with Crippen molar-refractivity contribution >= 4 is 11.9 Å². The van der Waals surface area contributed by atoms with E-state index in [1.54, 1.807) is 0 Å². The van der Waals surface area contributed by atoms with E-state index in [9.17, 15) is 9.59 Å². The monoisotopic (exact) mass is 253 g/mol. The summed E-state index contributed by atoms with van der Waals surface area (Å²) in [5, 5.41) is 5.14. The smallest absolute Gasteiger partial charge is 0.321 e. The van der Waals surface area contributed by atoms with Crippen LogP contribution in [-0.4, -0.2) is 42.5 Å². The molecule has 3 amide bonds. The Kier molecular flexibility index (Phi) is 4.58. The van der Waals surface area contributed by atoms with Crippen molar-refractivity contribution in [1.29, 1.82) is 0 Å². The van der Waals surface area contributed by atoms with Crippen molar-refractivity contribution in [2.75, 3.05) is 13.6 Å². The second-order valence-electron chi connectivity index (χ2n) is 5.50. The van der Waals surface area contributed by atoms with Crippen molar-refractivity contribution in [3.63, 3.8) is 0 Å². The van der Waals surface area contributed by atoms with Crippen molar-refractivity contribution in [1.82, 2.24) is 15.5 Å². The van der Waals surface area contributed by atoms with Crippen molar-refractivity contribution in [2.24, 2.45) is 0 Å². The SMILES string of the molecule is CN(CC(=O)NC(=O)NC1CC1)C1CCCCC1. The van der Waals surface area contributed by atoms with E-state index >= 15 is 0 Å². The zero-order valence-electron chi connectivity index (χ0n) is 11.1. The number of hydrogen-bond acceptors (Lipinski definition) is 3. The van der Waals surface area contributed by atoms with Gasteiger partial charge < -0.3 is 5.32 Å². The molecule has 0 aromatic carbocycles. The molecule has 2 rings (SSSR count). The van der Waals surface area contributed by atoms with Gasteiger partial charge in [-0.05, 0) is 32.7 Å². The van der Waals surface area contributed by atoms with Crippen LogP contribution in [0.3, 0.4) is 0 Å². The molecule has 0 bridgehead atoms. The molecule has 2 N–H and O–H groups in total. The van der Waals surface area contributed by atoms with Gasteiger partial charge in [-0.2, -0.15) is 0 Å². The van der Waals surface area contributed by atoms with E-state index in [0.717, 1.165) is 25.7 Å². The van der Waals surface area contributed by atoms with Gasteiger partial charge in [-0.25, -0.2) is 4.79 Å². The van der Waals surface area contributed by atoms with Gasteiger partial charge in [0.05, 0.1) is 6.54 Å². The average molecular weight is 253 g/mol. The molecule has 5 heteroatoms. The minimum atomic E-state index is -0.348. The van der Waals surface area contributed by atoms with Crippen LogP contribution in [0.2, 0.25) is 0 Å². The number of carbonyl (C=O) groups is 2. The predicted octanol–water partition coefficient (Wildman–Crippen LogP) is 1.24. The maximum Gasteiger partial charge on any atom is 0.321 e. The Bertz CT molecular complexity index is 309. The number of hydrogen-bond donors (Lipinski definition) is 2. The van der Waals surface area contributed by atoms with E-state index in [0.29, 0.717) is 12.6 Å². The minimum absolute atomic E-state index is 0.207. The molecule has 0 aromatic heterocycles.